The first-order valence-corrected chi connectivity index (χ1v) is 7.30. The minimum absolute atomic E-state index is 0.287. The molecule has 4 heteroatoms. The fourth-order valence-electron chi connectivity index (χ4n) is 2.27. The molecule has 2 aromatic rings. The van der Waals surface area contributed by atoms with Crippen LogP contribution in [0.1, 0.15) is 30.6 Å². The first-order chi connectivity index (χ1) is 10.2. The van der Waals surface area contributed by atoms with Gasteiger partial charge in [-0.3, -0.25) is 14.9 Å². The predicted molar refractivity (Wildman–Crippen MR) is 84.4 cm³/mol. The molecular weight excluding hydrogens is 262 g/mol. The van der Waals surface area contributed by atoms with Crippen LogP contribution in [-0.2, 0) is 6.42 Å². The molecule has 0 aliphatic rings. The van der Waals surface area contributed by atoms with Crippen LogP contribution in [0.25, 0.3) is 0 Å². The molecule has 4 nitrogen and oxygen atoms in total. The number of aryl methyl sites for hydroxylation is 1. The van der Waals surface area contributed by atoms with Crippen molar-refractivity contribution in [2.24, 2.45) is 0 Å². The summed E-state index contributed by atoms with van der Waals surface area (Å²) in [6.07, 6.45) is 7.48. The average Bonchev–Trinajstić information content (AvgIpc) is 2.55. The molecule has 0 saturated heterocycles. The lowest BCUT2D eigenvalue weighted by Gasteiger charge is -2.23. The van der Waals surface area contributed by atoms with Crippen LogP contribution in [0.5, 0.6) is 5.75 Å². The fourth-order valence-corrected chi connectivity index (χ4v) is 2.27. The van der Waals surface area contributed by atoms with Crippen molar-refractivity contribution in [1.82, 2.24) is 14.9 Å². The quantitative estimate of drug-likeness (QED) is 0.783. The Labute approximate surface area is 126 Å². The van der Waals surface area contributed by atoms with Crippen molar-refractivity contribution >= 4 is 0 Å². The summed E-state index contributed by atoms with van der Waals surface area (Å²) in [6, 6.07) is 8.58. The second-order valence-electron chi connectivity index (χ2n) is 5.24. The van der Waals surface area contributed by atoms with Crippen molar-refractivity contribution in [3.63, 3.8) is 0 Å². The van der Waals surface area contributed by atoms with Crippen LogP contribution in [-0.4, -0.2) is 35.6 Å². The second kappa shape index (κ2) is 7.74. The van der Waals surface area contributed by atoms with E-state index < -0.39 is 0 Å². The second-order valence-corrected chi connectivity index (χ2v) is 5.24. The summed E-state index contributed by atoms with van der Waals surface area (Å²) in [7, 11) is 3.82. The van der Waals surface area contributed by atoms with E-state index in [-0.39, 0.29) is 6.04 Å². The molecule has 1 heterocycles. The van der Waals surface area contributed by atoms with Gasteiger partial charge in [0.05, 0.1) is 18.8 Å². The van der Waals surface area contributed by atoms with Crippen LogP contribution >= 0.6 is 0 Å². The Morgan fingerprint density at radius 2 is 1.95 bits per heavy atom. The monoisotopic (exact) mass is 285 g/mol. The van der Waals surface area contributed by atoms with Gasteiger partial charge >= 0.3 is 0 Å². The molecule has 0 amide bonds. The van der Waals surface area contributed by atoms with Gasteiger partial charge in [-0.1, -0.05) is 12.1 Å². The Bertz CT molecular complexity index is 527. The first kappa shape index (κ1) is 15.4. The molecular formula is C17H23N3O. The van der Waals surface area contributed by atoms with Crippen LogP contribution in [0.3, 0.4) is 0 Å². The highest BCUT2D eigenvalue weighted by molar-refractivity contribution is 5.27. The molecule has 0 bridgehead atoms. The topological polar surface area (TPSA) is 38.2 Å². The lowest BCUT2D eigenvalue weighted by molar-refractivity contribution is 0.253. The zero-order valence-electron chi connectivity index (χ0n) is 13.0. The summed E-state index contributed by atoms with van der Waals surface area (Å²) < 4.78 is 5.17. The summed E-state index contributed by atoms with van der Waals surface area (Å²) >= 11 is 0. The summed E-state index contributed by atoms with van der Waals surface area (Å²) in [5, 5.41) is 0. The van der Waals surface area contributed by atoms with E-state index in [1.165, 1.54) is 5.56 Å². The smallest absolute Gasteiger partial charge is 0.118 e. The summed E-state index contributed by atoms with van der Waals surface area (Å²) in [6.45, 7) is 3.20. The van der Waals surface area contributed by atoms with Gasteiger partial charge in [-0.2, -0.15) is 0 Å². The van der Waals surface area contributed by atoms with Crippen molar-refractivity contribution in [3.8, 4) is 5.75 Å². The van der Waals surface area contributed by atoms with Gasteiger partial charge in [0.2, 0.25) is 0 Å². The zero-order chi connectivity index (χ0) is 15.1. The molecule has 0 saturated carbocycles. The van der Waals surface area contributed by atoms with Crippen LogP contribution in [0.2, 0.25) is 0 Å². The fraction of sp³-hybridized carbons (Fsp3) is 0.412. The maximum absolute atomic E-state index is 5.17. The summed E-state index contributed by atoms with van der Waals surface area (Å²) in [5.74, 6) is 0.909. The van der Waals surface area contributed by atoms with E-state index in [0.717, 1.165) is 30.8 Å². The lowest BCUT2D eigenvalue weighted by atomic mass is 10.1. The molecule has 112 valence electrons. The van der Waals surface area contributed by atoms with Gasteiger partial charge in [-0.15, -0.1) is 0 Å². The van der Waals surface area contributed by atoms with Gasteiger partial charge < -0.3 is 4.74 Å². The molecule has 1 unspecified atom stereocenters. The zero-order valence-corrected chi connectivity index (χ0v) is 13.0. The van der Waals surface area contributed by atoms with Crippen molar-refractivity contribution < 1.29 is 4.74 Å². The number of aromatic nitrogens is 2. The van der Waals surface area contributed by atoms with Crippen LogP contribution < -0.4 is 4.74 Å². The maximum atomic E-state index is 5.17. The Morgan fingerprint density at radius 1 is 1.19 bits per heavy atom. The predicted octanol–water partition coefficient (Wildman–Crippen LogP) is 3.11. The SMILES string of the molecule is COc1ccc(CCCN(C)C(C)c2cnccn2)cc1. The summed E-state index contributed by atoms with van der Waals surface area (Å²) in [5.41, 5.74) is 2.36. The molecule has 0 spiro atoms. The van der Waals surface area contributed by atoms with E-state index in [1.807, 2.05) is 18.3 Å². The molecule has 0 aliphatic heterocycles. The third-order valence-corrected chi connectivity index (χ3v) is 3.81. The third-order valence-electron chi connectivity index (χ3n) is 3.81. The number of benzene rings is 1. The van der Waals surface area contributed by atoms with Crippen LogP contribution in [0, 0.1) is 0 Å². The van der Waals surface area contributed by atoms with Crippen molar-refractivity contribution in [3.05, 3.63) is 54.1 Å². The average molecular weight is 285 g/mol. The molecule has 0 fully saturated rings. The number of nitrogens with zero attached hydrogens (tertiary/aromatic N) is 3. The molecule has 0 aliphatic carbocycles. The van der Waals surface area contributed by atoms with Crippen LogP contribution in [0.4, 0.5) is 0 Å². The first-order valence-electron chi connectivity index (χ1n) is 7.30. The van der Waals surface area contributed by atoms with Crippen molar-refractivity contribution in [2.45, 2.75) is 25.8 Å². The van der Waals surface area contributed by atoms with E-state index in [2.05, 4.69) is 41.0 Å². The number of ether oxygens (including phenoxy) is 1. The van der Waals surface area contributed by atoms with Crippen LogP contribution in [0.15, 0.2) is 42.9 Å². The Hall–Kier alpha value is -1.94. The van der Waals surface area contributed by atoms with E-state index in [4.69, 9.17) is 4.74 Å². The highest BCUT2D eigenvalue weighted by Gasteiger charge is 2.12. The molecule has 1 atom stereocenters. The van der Waals surface area contributed by atoms with E-state index in [1.54, 1.807) is 19.5 Å². The Kier molecular flexibility index (Phi) is 5.69. The molecule has 2 rings (SSSR count). The maximum Gasteiger partial charge on any atom is 0.118 e. The largest absolute Gasteiger partial charge is 0.497 e. The third kappa shape index (κ3) is 4.53. The van der Waals surface area contributed by atoms with Crippen molar-refractivity contribution in [1.29, 1.82) is 0 Å². The minimum atomic E-state index is 0.287. The Morgan fingerprint density at radius 3 is 2.57 bits per heavy atom. The molecule has 1 aromatic heterocycles. The highest BCUT2D eigenvalue weighted by atomic mass is 16.5. The number of hydrogen-bond acceptors (Lipinski definition) is 4. The van der Waals surface area contributed by atoms with E-state index in [0.29, 0.717) is 0 Å². The molecule has 0 N–H and O–H groups in total. The van der Waals surface area contributed by atoms with Gasteiger partial charge in [0.1, 0.15) is 5.75 Å². The van der Waals surface area contributed by atoms with E-state index in [9.17, 15) is 0 Å². The summed E-state index contributed by atoms with van der Waals surface area (Å²) in [4.78, 5) is 10.8. The van der Waals surface area contributed by atoms with Gasteiger partial charge in [0.15, 0.2) is 0 Å². The number of hydrogen-bond donors (Lipinski definition) is 0. The lowest BCUT2D eigenvalue weighted by Crippen LogP contribution is -2.24. The molecule has 1 aromatic carbocycles. The van der Waals surface area contributed by atoms with Crippen molar-refractivity contribution in [2.75, 3.05) is 20.7 Å². The number of rotatable bonds is 7. The van der Waals surface area contributed by atoms with Gasteiger partial charge in [-0.05, 0) is 51.1 Å². The molecule has 21 heavy (non-hydrogen) atoms. The van der Waals surface area contributed by atoms with Gasteiger partial charge in [0, 0.05) is 18.6 Å². The van der Waals surface area contributed by atoms with Gasteiger partial charge in [0.25, 0.3) is 0 Å². The standard InChI is InChI=1S/C17H23N3O/c1-14(17-13-18-10-11-19-17)20(2)12-4-5-15-6-8-16(21-3)9-7-15/h6-11,13-14H,4-5,12H2,1-3H3. The Balaban J connectivity index is 1.79. The number of methoxy groups -OCH3 is 1. The molecule has 0 radical (unpaired) electrons. The van der Waals surface area contributed by atoms with Gasteiger partial charge in [-0.25, -0.2) is 0 Å². The van der Waals surface area contributed by atoms with E-state index >= 15 is 0 Å². The normalized spacial score (nSPS) is 12.4. The highest BCUT2D eigenvalue weighted by Crippen LogP contribution is 2.16. The minimum Gasteiger partial charge on any atom is -0.497 e.